The number of rotatable bonds is 7. The molecule has 0 bridgehead atoms. The van der Waals surface area contributed by atoms with Crippen LogP contribution in [-0.4, -0.2) is 93.2 Å². The molecule has 10 nitrogen and oxygen atoms in total. The van der Waals surface area contributed by atoms with E-state index >= 15 is 0 Å². The van der Waals surface area contributed by atoms with Gasteiger partial charge in [-0.3, -0.25) is 9.59 Å². The summed E-state index contributed by atoms with van der Waals surface area (Å²) < 4.78 is 41.1. The molecule has 2 fully saturated rings. The Morgan fingerprint density at radius 2 is 1.69 bits per heavy atom. The Bertz CT molecular complexity index is 1670. The Hall–Kier alpha value is -3.51. The van der Waals surface area contributed by atoms with Gasteiger partial charge < -0.3 is 23.8 Å². The summed E-state index contributed by atoms with van der Waals surface area (Å²) in [6.45, 7) is 8.15. The van der Waals surface area contributed by atoms with Crippen LogP contribution in [0.5, 0.6) is 0 Å². The summed E-state index contributed by atoms with van der Waals surface area (Å²) in [4.78, 5) is 30.6. The predicted octanol–water partition coefficient (Wildman–Crippen LogP) is 2.99. The lowest BCUT2D eigenvalue weighted by Gasteiger charge is -2.27. The van der Waals surface area contributed by atoms with E-state index in [1.165, 1.54) is 4.31 Å². The number of morpholine rings is 2. The van der Waals surface area contributed by atoms with Crippen molar-refractivity contribution in [3.05, 3.63) is 59.3 Å². The molecule has 0 unspecified atom stereocenters. The maximum absolute atomic E-state index is 13.7. The number of nitrogens with zero attached hydrogens (tertiary/aromatic N) is 4. The third kappa shape index (κ3) is 5.04. The van der Waals surface area contributed by atoms with Crippen LogP contribution >= 0.6 is 0 Å². The fraction of sp³-hybridized carbons (Fsp3) is 0.419. The van der Waals surface area contributed by atoms with Crippen molar-refractivity contribution in [2.75, 3.05) is 64.1 Å². The van der Waals surface area contributed by atoms with Crippen LogP contribution in [-0.2, 0) is 42.1 Å². The van der Waals surface area contributed by atoms with Crippen molar-refractivity contribution in [3.8, 4) is 0 Å². The third-order valence-electron chi connectivity index (χ3n) is 8.31. The molecule has 0 saturated carbocycles. The number of fused-ring (bicyclic) bond motifs is 2. The molecule has 0 spiro atoms. The predicted molar refractivity (Wildman–Crippen MR) is 161 cm³/mol. The van der Waals surface area contributed by atoms with Crippen molar-refractivity contribution in [2.45, 2.75) is 31.7 Å². The van der Waals surface area contributed by atoms with Crippen molar-refractivity contribution in [2.24, 2.45) is 0 Å². The Morgan fingerprint density at radius 3 is 2.38 bits per heavy atom. The maximum Gasteiger partial charge on any atom is 0.258 e. The zero-order valence-corrected chi connectivity index (χ0v) is 24.9. The molecule has 4 heterocycles. The highest BCUT2D eigenvalue weighted by atomic mass is 32.2. The van der Waals surface area contributed by atoms with Crippen LogP contribution in [0.2, 0.25) is 0 Å². The summed E-state index contributed by atoms with van der Waals surface area (Å²) in [5, 5.41) is 0.943. The Kier molecular flexibility index (Phi) is 7.93. The molecule has 0 atom stereocenters. The van der Waals surface area contributed by atoms with Gasteiger partial charge in [-0.2, -0.15) is 4.31 Å². The van der Waals surface area contributed by atoms with Gasteiger partial charge in [0.05, 0.1) is 42.5 Å². The lowest BCUT2D eigenvalue weighted by molar-refractivity contribution is -0.135. The summed E-state index contributed by atoms with van der Waals surface area (Å²) in [7, 11) is -3.74. The van der Waals surface area contributed by atoms with Crippen LogP contribution in [0.25, 0.3) is 22.6 Å². The highest BCUT2D eigenvalue weighted by Gasteiger charge is 2.34. The van der Waals surface area contributed by atoms with Crippen LogP contribution in [0.15, 0.2) is 47.5 Å². The van der Waals surface area contributed by atoms with Gasteiger partial charge in [0.25, 0.3) is 5.91 Å². The Labute approximate surface area is 246 Å². The molecule has 0 radical (unpaired) electrons. The van der Waals surface area contributed by atoms with Crippen molar-refractivity contribution < 1.29 is 27.5 Å². The summed E-state index contributed by atoms with van der Waals surface area (Å²) in [6, 6.07) is 11.0. The average Bonchev–Trinajstić information content (AvgIpc) is 3.51. The standard InChI is InChI=1S/C31H36N4O6S/c1-3-22-6-5-7-25-23(20-33(30(22)25)21-29(36)32-10-14-40-15-11-32)18-27-26-19-24(8-9-28(26)35(4-2)31(27)37)42(38,39)34-12-16-41-17-13-34/h5-9,18-20H,3-4,10-17,21H2,1-2H3. The first-order valence-corrected chi connectivity index (χ1v) is 16.0. The van der Waals surface area contributed by atoms with E-state index in [1.807, 2.05) is 40.8 Å². The number of para-hydroxylation sites is 1. The van der Waals surface area contributed by atoms with E-state index in [4.69, 9.17) is 9.47 Å². The average molecular weight is 593 g/mol. The molecule has 2 aromatic carbocycles. The lowest BCUT2D eigenvalue weighted by atomic mass is 10.0. The van der Waals surface area contributed by atoms with Crippen molar-refractivity contribution >= 4 is 50.1 Å². The first-order chi connectivity index (χ1) is 20.3. The second-order valence-corrected chi connectivity index (χ2v) is 12.6. The summed E-state index contributed by atoms with van der Waals surface area (Å²) in [5.74, 6) is -0.150. The monoisotopic (exact) mass is 592 g/mol. The van der Waals surface area contributed by atoms with E-state index in [9.17, 15) is 18.0 Å². The zero-order chi connectivity index (χ0) is 29.4. The smallest absolute Gasteiger partial charge is 0.258 e. The molecule has 2 saturated heterocycles. The number of amides is 2. The molecule has 3 aliphatic heterocycles. The lowest BCUT2D eigenvalue weighted by Crippen LogP contribution is -2.42. The minimum absolute atomic E-state index is 0.0257. The zero-order valence-electron chi connectivity index (χ0n) is 24.0. The second kappa shape index (κ2) is 11.6. The fourth-order valence-electron chi connectivity index (χ4n) is 6.09. The van der Waals surface area contributed by atoms with Gasteiger partial charge in [0.2, 0.25) is 15.9 Å². The largest absolute Gasteiger partial charge is 0.379 e. The highest BCUT2D eigenvalue weighted by molar-refractivity contribution is 7.89. The number of anilines is 1. The molecule has 11 heteroatoms. The van der Waals surface area contributed by atoms with Gasteiger partial charge >= 0.3 is 0 Å². The number of carbonyl (C=O) groups is 2. The van der Waals surface area contributed by atoms with Crippen LogP contribution in [0.3, 0.4) is 0 Å². The molecular weight excluding hydrogens is 556 g/mol. The first kappa shape index (κ1) is 28.6. The van der Waals surface area contributed by atoms with Crippen molar-refractivity contribution in [1.82, 2.24) is 13.8 Å². The number of benzene rings is 2. The van der Waals surface area contributed by atoms with Gasteiger partial charge in [-0.1, -0.05) is 25.1 Å². The van der Waals surface area contributed by atoms with Gasteiger partial charge in [0, 0.05) is 61.0 Å². The summed E-state index contributed by atoms with van der Waals surface area (Å²) in [6.07, 6.45) is 4.57. The molecule has 0 aliphatic carbocycles. The van der Waals surface area contributed by atoms with Crippen molar-refractivity contribution in [3.63, 3.8) is 0 Å². The first-order valence-electron chi connectivity index (χ1n) is 14.6. The number of ether oxygens (including phenoxy) is 2. The van der Waals surface area contributed by atoms with E-state index < -0.39 is 10.0 Å². The Balaban J connectivity index is 1.44. The number of likely N-dealkylation sites (N-methyl/N-ethyl adjacent to an activating group) is 1. The number of aromatic nitrogens is 1. The SMILES string of the molecule is CCc1cccc2c(C=C3C(=O)N(CC)c4ccc(S(=O)(=O)N5CCOCC5)cc43)cn(CC(=O)N3CCOCC3)c12. The molecule has 3 aliphatic rings. The fourth-order valence-corrected chi connectivity index (χ4v) is 7.53. The normalized spacial score (nSPS) is 19.2. The van der Waals surface area contributed by atoms with Crippen LogP contribution in [0, 0.1) is 0 Å². The van der Waals surface area contributed by atoms with Crippen LogP contribution in [0.4, 0.5) is 5.69 Å². The molecule has 6 rings (SSSR count). The summed E-state index contributed by atoms with van der Waals surface area (Å²) in [5.41, 5.74) is 4.60. The molecule has 3 aromatic rings. The molecule has 0 N–H and O–H groups in total. The van der Waals surface area contributed by atoms with Gasteiger partial charge in [0.1, 0.15) is 6.54 Å². The van der Waals surface area contributed by atoms with Gasteiger partial charge in [0.15, 0.2) is 0 Å². The van der Waals surface area contributed by atoms with Crippen LogP contribution < -0.4 is 4.90 Å². The van der Waals surface area contributed by atoms with Gasteiger partial charge in [-0.05, 0) is 43.2 Å². The number of carbonyl (C=O) groups excluding carboxylic acids is 2. The number of hydrogen-bond acceptors (Lipinski definition) is 6. The molecule has 2 amide bonds. The van der Waals surface area contributed by atoms with Gasteiger partial charge in [-0.25, -0.2) is 8.42 Å². The second-order valence-electron chi connectivity index (χ2n) is 10.7. The quantitative estimate of drug-likeness (QED) is 0.391. The Morgan fingerprint density at radius 1 is 0.976 bits per heavy atom. The molecule has 1 aromatic heterocycles. The van der Waals surface area contributed by atoms with Gasteiger partial charge in [-0.15, -0.1) is 0 Å². The maximum atomic E-state index is 13.7. The minimum atomic E-state index is -3.74. The number of aryl methyl sites for hydroxylation is 1. The highest BCUT2D eigenvalue weighted by Crippen LogP contribution is 2.40. The molecular formula is C31H36N4O6S. The number of hydrogen-bond donors (Lipinski definition) is 0. The van der Waals surface area contributed by atoms with E-state index in [-0.39, 0.29) is 23.3 Å². The topological polar surface area (TPSA) is 101 Å². The molecule has 42 heavy (non-hydrogen) atoms. The third-order valence-corrected chi connectivity index (χ3v) is 10.2. The van der Waals surface area contributed by atoms with E-state index in [0.29, 0.717) is 76.0 Å². The number of sulfonamides is 1. The van der Waals surface area contributed by atoms with E-state index in [1.54, 1.807) is 23.1 Å². The van der Waals surface area contributed by atoms with E-state index in [0.717, 1.165) is 28.5 Å². The van der Waals surface area contributed by atoms with E-state index in [2.05, 4.69) is 13.0 Å². The van der Waals surface area contributed by atoms with Crippen molar-refractivity contribution in [1.29, 1.82) is 0 Å². The van der Waals surface area contributed by atoms with Crippen LogP contribution in [0.1, 0.15) is 30.5 Å². The molecule has 222 valence electrons. The minimum Gasteiger partial charge on any atom is -0.379 e. The summed E-state index contributed by atoms with van der Waals surface area (Å²) >= 11 is 0.